The van der Waals surface area contributed by atoms with Crippen molar-refractivity contribution in [3.05, 3.63) is 66.2 Å². The van der Waals surface area contributed by atoms with Crippen LogP contribution in [-0.2, 0) is 15.1 Å². The van der Waals surface area contributed by atoms with Crippen LogP contribution in [0.15, 0.2) is 60.7 Å². The molecule has 1 aliphatic rings. The largest absolute Gasteiger partial charge is 0.325 e. The van der Waals surface area contributed by atoms with Crippen molar-refractivity contribution >= 4 is 23.5 Å². The van der Waals surface area contributed by atoms with E-state index in [9.17, 15) is 14.4 Å². The van der Waals surface area contributed by atoms with E-state index in [2.05, 4.69) is 10.6 Å². The first-order chi connectivity index (χ1) is 12.6. The maximum atomic E-state index is 13.1. The number of benzene rings is 2. The molecule has 0 radical (unpaired) electrons. The van der Waals surface area contributed by atoms with Gasteiger partial charge in [0.25, 0.3) is 5.91 Å². The summed E-state index contributed by atoms with van der Waals surface area (Å²) in [4.78, 5) is 38.8. The van der Waals surface area contributed by atoms with E-state index in [1.807, 2.05) is 43.3 Å². The molecule has 0 spiro atoms. The average Bonchev–Trinajstić information content (AvgIpc) is 2.89. The standard InChI is InChI=1S/C20H21N3O3/c1-2-13-20(15-9-5-3-6-10-15)18(25)23(19(26)22-20)14-17(24)21-16-11-7-4-8-12-16/h3-12H,2,13-14H2,1H3,(H,21,24)(H,22,26). The van der Waals surface area contributed by atoms with Crippen molar-refractivity contribution in [1.29, 1.82) is 0 Å². The van der Waals surface area contributed by atoms with Gasteiger partial charge in [0.05, 0.1) is 0 Å². The Morgan fingerprint density at radius 1 is 1.04 bits per heavy atom. The third kappa shape index (κ3) is 3.31. The zero-order valence-corrected chi connectivity index (χ0v) is 14.6. The minimum absolute atomic E-state index is 0.322. The van der Waals surface area contributed by atoms with Gasteiger partial charge < -0.3 is 10.6 Å². The highest BCUT2D eigenvalue weighted by molar-refractivity contribution is 6.10. The lowest BCUT2D eigenvalue weighted by Crippen LogP contribution is -2.44. The van der Waals surface area contributed by atoms with Gasteiger partial charge in [0, 0.05) is 5.69 Å². The molecule has 0 bridgehead atoms. The van der Waals surface area contributed by atoms with Gasteiger partial charge >= 0.3 is 6.03 Å². The van der Waals surface area contributed by atoms with Gasteiger partial charge in [-0.3, -0.25) is 14.5 Å². The fourth-order valence-electron chi connectivity index (χ4n) is 3.24. The fraction of sp³-hybridized carbons (Fsp3) is 0.250. The van der Waals surface area contributed by atoms with Crippen LogP contribution < -0.4 is 10.6 Å². The van der Waals surface area contributed by atoms with Gasteiger partial charge in [-0.15, -0.1) is 0 Å². The smallest absolute Gasteiger partial charge is 0.325 e. The number of carbonyl (C=O) groups is 3. The molecule has 26 heavy (non-hydrogen) atoms. The van der Waals surface area contributed by atoms with E-state index in [0.29, 0.717) is 18.5 Å². The van der Waals surface area contributed by atoms with Gasteiger partial charge in [-0.2, -0.15) is 0 Å². The Balaban J connectivity index is 1.80. The van der Waals surface area contributed by atoms with Crippen LogP contribution in [0.1, 0.15) is 25.3 Å². The predicted octanol–water partition coefficient (Wildman–Crippen LogP) is 2.87. The molecule has 3 rings (SSSR count). The molecular formula is C20H21N3O3. The quantitative estimate of drug-likeness (QED) is 0.786. The van der Waals surface area contributed by atoms with Crippen LogP contribution in [0.4, 0.5) is 10.5 Å². The lowest BCUT2D eigenvalue weighted by atomic mass is 9.85. The van der Waals surface area contributed by atoms with E-state index in [1.165, 1.54) is 0 Å². The van der Waals surface area contributed by atoms with Crippen molar-refractivity contribution in [2.75, 3.05) is 11.9 Å². The maximum Gasteiger partial charge on any atom is 0.325 e. The number of nitrogens with zero attached hydrogens (tertiary/aromatic N) is 1. The first-order valence-corrected chi connectivity index (χ1v) is 8.61. The first-order valence-electron chi connectivity index (χ1n) is 8.61. The highest BCUT2D eigenvalue weighted by Crippen LogP contribution is 2.33. The third-order valence-electron chi connectivity index (χ3n) is 4.43. The Morgan fingerprint density at radius 3 is 2.27 bits per heavy atom. The maximum absolute atomic E-state index is 13.1. The topological polar surface area (TPSA) is 78.5 Å². The molecule has 1 unspecified atom stereocenters. The summed E-state index contributed by atoms with van der Waals surface area (Å²) in [5, 5.41) is 5.51. The number of anilines is 1. The highest BCUT2D eigenvalue weighted by Gasteiger charge is 2.52. The molecule has 0 aliphatic carbocycles. The van der Waals surface area contributed by atoms with Gasteiger partial charge in [0.1, 0.15) is 12.1 Å². The van der Waals surface area contributed by atoms with Crippen LogP contribution in [0.3, 0.4) is 0 Å². The van der Waals surface area contributed by atoms with Crippen molar-refractivity contribution < 1.29 is 14.4 Å². The summed E-state index contributed by atoms with van der Waals surface area (Å²) < 4.78 is 0. The van der Waals surface area contributed by atoms with E-state index < -0.39 is 23.4 Å². The summed E-state index contributed by atoms with van der Waals surface area (Å²) in [6.07, 6.45) is 1.18. The number of rotatable bonds is 6. The lowest BCUT2D eigenvalue weighted by molar-refractivity contribution is -0.134. The Labute approximate surface area is 152 Å². The van der Waals surface area contributed by atoms with Crippen LogP contribution >= 0.6 is 0 Å². The molecule has 4 amide bonds. The molecule has 0 saturated carbocycles. The Bertz CT molecular complexity index is 808. The second-order valence-electron chi connectivity index (χ2n) is 6.26. The molecule has 6 heteroatoms. The van der Waals surface area contributed by atoms with E-state index >= 15 is 0 Å². The first kappa shape index (κ1) is 17.7. The number of urea groups is 1. The number of imide groups is 1. The van der Waals surface area contributed by atoms with Crippen LogP contribution in [0.5, 0.6) is 0 Å². The van der Waals surface area contributed by atoms with Gasteiger partial charge in [0.2, 0.25) is 5.91 Å². The molecular weight excluding hydrogens is 330 g/mol. The van der Waals surface area contributed by atoms with Crippen molar-refractivity contribution in [3.8, 4) is 0 Å². The van der Waals surface area contributed by atoms with E-state index in [1.54, 1.807) is 24.3 Å². The number of hydrogen-bond acceptors (Lipinski definition) is 3. The van der Waals surface area contributed by atoms with Crippen molar-refractivity contribution in [2.45, 2.75) is 25.3 Å². The van der Waals surface area contributed by atoms with Gasteiger partial charge in [0.15, 0.2) is 0 Å². The monoisotopic (exact) mass is 351 g/mol. The summed E-state index contributed by atoms with van der Waals surface area (Å²) in [6, 6.07) is 17.5. The van der Waals surface area contributed by atoms with E-state index in [-0.39, 0.29) is 6.54 Å². The van der Waals surface area contributed by atoms with E-state index in [0.717, 1.165) is 10.5 Å². The highest BCUT2D eigenvalue weighted by atomic mass is 16.2. The third-order valence-corrected chi connectivity index (χ3v) is 4.43. The molecule has 2 aromatic rings. The number of hydrogen-bond donors (Lipinski definition) is 2. The van der Waals surface area contributed by atoms with Crippen LogP contribution in [0, 0.1) is 0 Å². The molecule has 0 aromatic heterocycles. The lowest BCUT2D eigenvalue weighted by Gasteiger charge is -2.26. The van der Waals surface area contributed by atoms with Gasteiger partial charge in [-0.1, -0.05) is 61.9 Å². The summed E-state index contributed by atoms with van der Waals surface area (Å²) in [5.41, 5.74) is 0.235. The summed E-state index contributed by atoms with van der Waals surface area (Å²) >= 11 is 0. The molecule has 1 saturated heterocycles. The minimum atomic E-state index is -1.11. The minimum Gasteiger partial charge on any atom is -0.325 e. The number of para-hydroxylation sites is 1. The van der Waals surface area contributed by atoms with Gasteiger partial charge in [-0.25, -0.2) is 4.79 Å². The molecule has 2 aromatic carbocycles. The number of nitrogens with one attached hydrogen (secondary N) is 2. The summed E-state index contributed by atoms with van der Waals surface area (Å²) in [7, 11) is 0. The molecule has 1 fully saturated rings. The molecule has 1 heterocycles. The molecule has 6 nitrogen and oxygen atoms in total. The second kappa shape index (κ2) is 7.39. The molecule has 1 atom stereocenters. The van der Waals surface area contributed by atoms with Crippen LogP contribution in [0.2, 0.25) is 0 Å². The Kier molecular flexibility index (Phi) is 5.02. The molecule has 134 valence electrons. The Hall–Kier alpha value is -3.15. The SMILES string of the molecule is CCCC1(c2ccccc2)NC(=O)N(CC(=O)Nc2ccccc2)C1=O. The molecule has 1 aliphatic heterocycles. The fourth-order valence-corrected chi connectivity index (χ4v) is 3.24. The van der Waals surface area contributed by atoms with Crippen molar-refractivity contribution in [3.63, 3.8) is 0 Å². The molecule has 2 N–H and O–H groups in total. The zero-order chi connectivity index (χ0) is 18.6. The summed E-state index contributed by atoms with van der Waals surface area (Å²) in [5.74, 6) is -0.807. The Morgan fingerprint density at radius 2 is 1.65 bits per heavy atom. The van der Waals surface area contributed by atoms with Crippen molar-refractivity contribution in [2.24, 2.45) is 0 Å². The normalized spacial score (nSPS) is 19.3. The van der Waals surface area contributed by atoms with Crippen LogP contribution in [-0.4, -0.2) is 29.3 Å². The average molecular weight is 351 g/mol. The van der Waals surface area contributed by atoms with Crippen molar-refractivity contribution in [1.82, 2.24) is 10.2 Å². The predicted molar refractivity (Wildman–Crippen MR) is 98.3 cm³/mol. The van der Waals surface area contributed by atoms with Crippen LogP contribution in [0.25, 0.3) is 0 Å². The van der Waals surface area contributed by atoms with E-state index in [4.69, 9.17) is 0 Å². The number of amides is 4. The van der Waals surface area contributed by atoms with Gasteiger partial charge in [-0.05, 0) is 24.1 Å². The summed E-state index contributed by atoms with van der Waals surface area (Å²) in [6.45, 7) is 1.63. The second-order valence-corrected chi connectivity index (χ2v) is 6.26. The zero-order valence-electron chi connectivity index (χ0n) is 14.6. The number of carbonyl (C=O) groups excluding carboxylic acids is 3.